The van der Waals surface area contributed by atoms with Crippen molar-refractivity contribution in [2.24, 2.45) is 0 Å². The molecule has 0 aliphatic rings. The molecule has 1 rings (SSSR count). The Bertz CT molecular complexity index is 395. The predicted molar refractivity (Wildman–Crippen MR) is 62.5 cm³/mol. The largest absolute Gasteiger partial charge is 0.398 e. The van der Waals surface area contributed by atoms with Crippen LogP contribution in [0.25, 0.3) is 0 Å². The number of hydrogen-bond acceptors (Lipinski definition) is 4. The smallest absolute Gasteiger partial charge is 0.161 e. The van der Waals surface area contributed by atoms with E-state index in [2.05, 4.69) is 0 Å². The molecule has 1 aromatic rings. The highest BCUT2D eigenvalue weighted by Gasteiger charge is 2.18. The van der Waals surface area contributed by atoms with E-state index in [0.29, 0.717) is 16.8 Å². The Balaban J connectivity index is 3.07. The zero-order valence-corrected chi connectivity index (χ0v) is 9.61. The van der Waals surface area contributed by atoms with Gasteiger partial charge in [0, 0.05) is 11.3 Å². The zero-order chi connectivity index (χ0) is 12.3. The van der Waals surface area contributed by atoms with Crippen molar-refractivity contribution in [3.8, 4) is 0 Å². The van der Waals surface area contributed by atoms with Gasteiger partial charge < -0.3 is 15.9 Å². The highest BCUT2D eigenvalue weighted by Crippen LogP contribution is 2.22. The van der Waals surface area contributed by atoms with E-state index in [-0.39, 0.29) is 11.7 Å². The van der Waals surface area contributed by atoms with Gasteiger partial charge in [-0.3, -0.25) is 4.79 Å². The maximum Gasteiger partial charge on any atom is 0.161 e. The quantitative estimate of drug-likeness (QED) is 0.420. The average Bonchev–Trinajstić information content (AvgIpc) is 2.27. The Morgan fingerprint density at radius 3 is 2.62 bits per heavy atom. The van der Waals surface area contributed by atoms with E-state index in [1.807, 2.05) is 0 Å². The van der Waals surface area contributed by atoms with Gasteiger partial charge in [-0.05, 0) is 24.6 Å². The summed E-state index contributed by atoms with van der Waals surface area (Å²) in [4.78, 5) is 11.2. The monoisotopic (exact) mass is 243 g/mol. The minimum Gasteiger partial charge on any atom is -0.398 e. The number of carbonyl (C=O) groups excluding carboxylic acids is 1. The number of carbonyl (C=O) groups is 1. The molecule has 0 saturated carbocycles. The second kappa shape index (κ2) is 5.30. The van der Waals surface area contributed by atoms with Gasteiger partial charge in [0.25, 0.3) is 0 Å². The Morgan fingerprint density at radius 2 is 2.12 bits per heavy atom. The molecular weight excluding hydrogens is 230 g/mol. The summed E-state index contributed by atoms with van der Waals surface area (Å²) in [5.74, 6) is -0.270. The summed E-state index contributed by atoms with van der Waals surface area (Å²) in [6.45, 7) is 1.39. The number of nitrogen functional groups attached to an aromatic ring is 1. The Kier molecular flexibility index (Phi) is 4.29. The number of benzene rings is 1. The van der Waals surface area contributed by atoms with E-state index < -0.39 is 12.2 Å². The molecule has 16 heavy (non-hydrogen) atoms. The van der Waals surface area contributed by atoms with Crippen molar-refractivity contribution >= 4 is 23.1 Å². The van der Waals surface area contributed by atoms with Gasteiger partial charge in [-0.25, -0.2) is 0 Å². The summed E-state index contributed by atoms with van der Waals surface area (Å²) in [7, 11) is 0. The van der Waals surface area contributed by atoms with E-state index in [1.54, 1.807) is 6.07 Å². The number of anilines is 1. The summed E-state index contributed by atoms with van der Waals surface area (Å²) in [5.41, 5.74) is 6.71. The molecule has 88 valence electrons. The zero-order valence-electron chi connectivity index (χ0n) is 8.85. The SMILES string of the molecule is CC(=O)c1cc(C(O)C(O)CCl)ccc1N. The minimum absolute atomic E-state index is 0.0824. The molecule has 2 atom stereocenters. The highest BCUT2D eigenvalue weighted by molar-refractivity contribution is 6.18. The molecule has 4 nitrogen and oxygen atoms in total. The van der Waals surface area contributed by atoms with Crippen molar-refractivity contribution in [1.82, 2.24) is 0 Å². The van der Waals surface area contributed by atoms with Crippen LogP contribution in [0.2, 0.25) is 0 Å². The summed E-state index contributed by atoms with van der Waals surface area (Å²) in [5, 5.41) is 19.1. The van der Waals surface area contributed by atoms with Crippen LogP contribution in [0.3, 0.4) is 0 Å². The number of rotatable bonds is 4. The lowest BCUT2D eigenvalue weighted by atomic mass is 10.00. The number of Topliss-reactive ketones (excluding diaryl/α,β-unsaturated/α-hetero) is 1. The fourth-order valence-electron chi connectivity index (χ4n) is 1.37. The number of ketones is 1. The van der Waals surface area contributed by atoms with Crippen LogP contribution < -0.4 is 5.73 Å². The van der Waals surface area contributed by atoms with Gasteiger partial charge in [-0.1, -0.05) is 6.07 Å². The van der Waals surface area contributed by atoms with Crippen molar-refractivity contribution in [3.05, 3.63) is 29.3 Å². The van der Waals surface area contributed by atoms with E-state index in [0.717, 1.165) is 0 Å². The molecule has 0 aliphatic carbocycles. The van der Waals surface area contributed by atoms with E-state index >= 15 is 0 Å². The maximum atomic E-state index is 11.2. The maximum absolute atomic E-state index is 11.2. The van der Waals surface area contributed by atoms with E-state index in [1.165, 1.54) is 19.1 Å². The van der Waals surface area contributed by atoms with Crippen molar-refractivity contribution in [2.75, 3.05) is 11.6 Å². The van der Waals surface area contributed by atoms with Crippen molar-refractivity contribution in [1.29, 1.82) is 0 Å². The van der Waals surface area contributed by atoms with Crippen LogP contribution in [-0.2, 0) is 0 Å². The van der Waals surface area contributed by atoms with Crippen LogP contribution in [0.4, 0.5) is 5.69 Å². The third-order valence-electron chi connectivity index (χ3n) is 2.32. The molecule has 2 unspecified atom stereocenters. The van der Waals surface area contributed by atoms with Crippen LogP contribution in [0, 0.1) is 0 Å². The van der Waals surface area contributed by atoms with Gasteiger partial charge in [0.05, 0.1) is 12.0 Å². The Labute approximate surface area is 98.6 Å². The molecular formula is C11H14ClNO3. The van der Waals surface area contributed by atoms with Crippen molar-refractivity contribution < 1.29 is 15.0 Å². The summed E-state index contributed by atoms with van der Waals surface area (Å²) < 4.78 is 0. The molecule has 4 N–H and O–H groups in total. The van der Waals surface area contributed by atoms with Crippen molar-refractivity contribution in [3.63, 3.8) is 0 Å². The third-order valence-corrected chi connectivity index (χ3v) is 2.64. The van der Waals surface area contributed by atoms with Gasteiger partial charge in [0.2, 0.25) is 0 Å². The number of aliphatic hydroxyl groups is 2. The first-order valence-corrected chi connectivity index (χ1v) is 5.33. The Morgan fingerprint density at radius 1 is 1.50 bits per heavy atom. The number of aliphatic hydroxyl groups excluding tert-OH is 2. The fraction of sp³-hybridized carbons (Fsp3) is 0.364. The first kappa shape index (κ1) is 13.0. The highest BCUT2D eigenvalue weighted by atomic mass is 35.5. The van der Waals surface area contributed by atoms with Crippen LogP contribution in [0.15, 0.2) is 18.2 Å². The second-order valence-corrected chi connectivity index (χ2v) is 3.88. The molecule has 0 bridgehead atoms. The summed E-state index contributed by atoms with van der Waals surface area (Å²) >= 11 is 5.43. The van der Waals surface area contributed by atoms with Crippen molar-refractivity contribution in [2.45, 2.75) is 19.1 Å². The molecule has 0 radical (unpaired) electrons. The molecule has 0 aromatic heterocycles. The van der Waals surface area contributed by atoms with Crippen LogP contribution in [-0.4, -0.2) is 28.0 Å². The number of hydrogen-bond donors (Lipinski definition) is 3. The molecule has 0 aliphatic heterocycles. The minimum atomic E-state index is -1.11. The third kappa shape index (κ3) is 2.72. The molecule has 0 spiro atoms. The normalized spacial score (nSPS) is 14.5. The summed E-state index contributed by atoms with van der Waals surface area (Å²) in [6, 6.07) is 4.55. The lowest BCUT2D eigenvalue weighted by Gasteiger charge is -2.16. The fourth-order valence-corrected chi connectivity index (χ4v) is 1.54. The van der Waals surface area contributed by atoms with E-state index in [4.69, 9.17) is 17.3 Å². The molecule has 1 aromatic carbocycles. The molecule has 0 fully saturated rings. The molecule has 0 heterocycles. The average molecular weight is 244 g/mol. The number of halogens is 1. The topological polar surface area (TPSA) is 83.5 Å². The van der Waals surface area contributed by atoms with Crippen LogP contribution in [0.5, 0.6) is 0 Å². The number of alkyl halides is 1. The lowest BCUT2D eigenvalue weighted by molar-refractivity contribution is 0.0327. The number of nitrogens with two attached hydrogens (primary N) is 1. The molecule has 0 amide bonds. The van der Waals surface area contributed by atoms with Gasteiger partial charge in [0.1, 0.15) is 6.10 Å². The van der Waals surface area contributed by atoms with Gasteiger partial charge in [0.15, 0.2) is 5.78 Å². The molecule has 5 heteroatoms. The van der Waals surface area contributed by atoms with E-state index in [9.17, 15) is 15.0 Å². The van der Waals surface area contributed by atoms with Crippen LogP contribution >= 0.6 is 11.6 Å². The summed E-state index contributed by atoms with van der Waals surface area (Å²) in [6.07, 6.45) is -2.18. The lowest BCUT2D eigenvalue weighted by Crippen LogP contribution is -2.20. The second-order valence-electron chi connectivity index (χ2n) is 3.57. The molecule has 0 saturated heterocycles. The first-order chi connectivity index (χ1) is 7.47. The van der Waals surface area contributed by atoms with Crippen LogP contribution in [0.1, 0.15) is 28.9 Å². The van der Waals surface area contributed by atoms with Gasteiger partial charge in [-0.15, -0.1) is 11.6 Å². The Hall–Kier alpha value is -1.10. The standard InChI is InChI=1S/C11H14ClNO3/c1-6(14)8-4-7(2-3-9(8)13)11(16)10(15)5-12/h2-4,10-11,15-16H,5,13H2,1H3. The first-order valence-electron chi connectivity index (χ1n) is 4.79. The van der Waals surface area contributed by atoms with Gasteiger partial charge >= 0.3 is 0 Å². The predicted octanol–water partition coefficient (Wildman–Crippen LogP) is 1.10. The van der Waals surface area contributed by atoms with Gasteiger partial charge in [-0.2, -0.15) is 0 Å².